The Morgan fingerprint density at radius 2 is 1.68 bits per heavy atom. The fourth-order valence-electron chi connectivity index (χ4n) is 3.56. The molecule has 19 heavy (non-hydrogen) atoms. The van der Waals surface area contributed by atoms with Gasteiger partial charge in [0.25, 0.3) is 0 Å². The molecule has 0 aromatic heterocycles. The van der Waals surface area contributed by atoms with Crippen molar-refractivity contribution < 1.29 is 9.47 Å². The standard InChI is InChI=1S/C17H18O2/c1-2-6-13-12(4-1)5-3-7-14(13)17-15-8-10-18-16(15)9-11-19-17/h1-7,15-17H,8-11H2/t15-,16+,17+/m1/s1. The van der Waals surface area contributed by atoms with Crippen LogP contribution in [0.15, 0.2) is 42.5 Å². The van der Waals surface area contributed by atoms with Gasteiger partial charge in [-0.3, -0.25) is 0 Å². The zero-order valence-electron chi connectivity index (χ0n) is 10.9. The highest BCUT2D eigenvalue weighted by atomic mass is 16.5. The minimum absolute atomic E-state index is 0.201. The lowest BCUT2D eigenvalue weighted by Gasteiger charge is -2.33. The summed E-state index contributed by atoms with van der Waals surface area (Å²) in [4.78, 5) is 0. The van der Waals surface area contributed by atoms with Crippen LogP contribution in [0.3, 0.4) is 0 Å². The average Bonchev–Trinajstić information content (AvgIpc) is 2.95. The molecule has 2 aromatic rings. The molecule has 2 aliphatic heterocycles. The summed E-state index contributed by atoms with van der Waals surface area (Å²) in [7, 11) is 0. The molecular formula is C17H18O2. The summed E-state index contributed by atoms with van der Waals surface area (Å²) in [6, 6.07) is 15.1. The third kappa shape index (κ3) is 1.87. The van der Waals surface area contributed by atoms with Crippen LogP contribution in [0.1, 0.15) is 24.5 Å². The van der Waals surface area contributed by atoms with Gasteiger partial charge in [-0.15, -0.1) is 0 Å². The van der Waals surface area contributed by atoms with Crippen LogP contribution < -0.4 is 0 Å². The number of hydrogen-bond acceptors (Lipinski definition) is 2. The smallest absolute Gasteiger partial charge is 0.0884 e. The van der Waals surface area contributed by atoms with Gasteiger partial charge in [0, 0.05) is 19.1 Å². The zero-order chi connectivity index (χ0) is 12.7. The van der Waals surface area contributed by atoms with E-state index >= 15 is 0 Å². The molecule has 0 radical (unpaired) electrons. The van der Waals surface area contributed by atoms with Crippen LogP contribution in [0.2, 0.25) is 0 Å². The predicted molar refractivity (Wildman–Crippen MR) is 75.1 cm³/mol. The molecule has 98 valence electrons. The molecule has 2 nitrogen and oxygen atoms in total. The Bertz CT molecular complexity index is 587. The van der Waals surface area contributed by atoms with Gasteiger partial charge in [0.05, 0.1) is 12.2 Å². The van der Waals surface area contributed by atoms with E-state index in [0.29, 0.717) is 12.0 Å². The highest BCUT2D eigenvalue weighted by Gasteiger charge is 2.39. The SMILES string of the molecule is c1ccc2c([C@@H]3OCC[C@@H]4OCC[C@H]43)cccc2c1. The first kappa shape index (κ1) is 11.4. The van der Waals surface area contributed by atoms with Gasteiger partial charge in [-0.25, -0.2) is 0 Å². The molecule has 4 rings (SSSR count). The van der Waals surface area contributed by atoms with E-state index < -0.39 is 0 Å². The van der Waals surface area contributed by atoms with Gasteiger partial charge in [-0.2, -0.15) is 0 Å². The second kappa shape index (κ2) is 4.62. The summed E-state index contributed by atoms with van der Waals surface area (Å²) in [6.07, 6.45) is 2.77. The van der Waals surface area contributed by atoms with Crippen molar-refractivity contribution in [2.24, 2.45) is 5.92 Å². The monoisotopic (exact) mass is 254 g/mol. The first-order valence-corrected chi connectivity index (χ1v) is 7.14. The van der Waals surface area contributed by atoms with Crippen molar-refractivity contribution in [3.63, 3.8) is 0 Å². The molecule has 2 heterocycles. The molecule has 2 aromatic carbocycles. The topological polar surface area (TPSA) is 18.5 Å². The van der Waals surface area contributed by atoms with Crippen LogP contribution in [0.5, 0.6) is 0 Å². The van der Waals surface area contributed by atoms with Crippen molar-refractivity contribution in [2.75, 3.05) is 13.2 Å². The van der Waals surface area contributed by atoms with E-state index in [4.69, 9.17) is 9.47 Å². The summed E-state index contributed by atoms with van der Waals surface area (Å²) in [5.74, 6) is 0.527. The Labute approximate surface area is 113 Å². The van der Waals surface area contributed by atoms with Gasteiger partial charge in [0.15, 0.2) is 0 Å². The van der Waals surface area contributed by atoms with E-state index in [1.807, 2.05) is 0 Å². The molecule has 2 aliphatic rings. The van der Waals surface area contributed by atoms with Crippen molar-refractivity contribution in [3.05, 3.63) is 48.0 Å². The summed E-state index contributed by atoms with van der Waals surface area (Å²) in [5, 5.41) is 2.62. The van der Waals surface area contributed by atoms with Gasteiger partial charge >= 0.3 is 0 Å². The summed E-state index contributed by atoms with van der Waals surface area (Å²) >= 11 is 0. The summed E-state index contributed by atoms with van der Waals surface area (Å²) in [6.45, 7) is 1.70. The zero-order valence-corrected chi connectivity index (χ0v) is 10.9. The fourth-order valence-corrected chi connectivity index (χ4v) is 3.56. The number of fused-ring (bicyclic) bond motifs is 2. The highest BCUT2D eigenvalue weighted by Crippen LogP contribution is 2.42. The fraction of sp³-hybridized carbons (Fsp3) is 0.412. The van der Waals surface area contributed by atoms with Crippen molar-refractivity contribution in [1.82, 2.24) is 0 Å². The first-order chi connectivity index (χ1) is 9.43. The third-order valence-corrected chi connectivity index (χ3v) is 4.48. The maximum Gasteiger partial charge on any atom is 0.0884 e. The van der Waals surface area contributed by atoms with E-state index in [-0.39, 0.29) is 6.10 Å². The van der Waals surface area contributed by atoms with E-state index in [1.54, 1.807) is 0 Å². The largest absolute Gasteiger partial charge is 0.378 e. The lowest BCUT2D eigenvalue weighted by atomic mass is 9.85. The number of benzene rings is 2. The molecule has 0 N–H and O–H groups in total. The minimum Gasteiger partial charge on any atom is -0.378 e. The Hall–Kier alpha value is -1.38. The molecule has 0 saturated carbocycles. The first-order valence-electron chi connectivity index (χ1n) is 7.14. The van der Waals surface area contributed by atoms with Crippen LogP contribution in [0.25, 0.3) is 10.8 Å². The van der Waals surface area contributed by atoms with Crippen LogP contribution in [0.4, 0.5) is 0 Å². The molecule has 2 fully saturated rings. The van der Waals surface area contributed by atoms with E-state index in [1.165, 1.54) is 16.3 Å². The van der Waals surface area contributed by atoms with E-state index in [2.05, 4.69) is 42.5 Å². The third-order valence-electron chi connectivity index (χ3n) is 4.48. The van der Waals surface area contributed by atoms with Gasteiger partial charge in [-0.05, 0) is 29.2 Å². The van der Waals surface area contributed by atoms with Crippen molar-refractivity contribution in [1.29, 1.82) is 0 Å². The molecule has 2 saturated heterocycles. The average molecular weight is 254 g/mol. The van der Waals surface area contributed by atoms with Crippen molar-refractivity contribution >= 4 is 10.8 Å². The molecule has 0 bridgehead atoms. The van der Waals surface area contributed by atoms with Gasteiger partial charge in [0.1, 0.15) is 0 Å². The van der Waals surface area contributed by atoms with Crippen molar-refractivity contribution in [3.8, 4) is 0 Å². The van der Waals surface area contributed by atoms with Gasteiger partial charge in [0.2, 0.25) is 0 Å². The Balaban J connectivity index is 1.81. The quantitative estimate of drug-likeness (QED) is 0.772. The summed E-state index contributed by atoms with van der Waals surface area (Å²) < 4.78 is 11.9. The van der Waals surface area contributed by atoms with E-state index in [0.717, 1.165) is 26.1 Å². The van der Waals surface area contributed by atoms with Gasteiger partial charge in [-0.1, -0.05) is 42.5 Å². The second-order valence-electron chi connectivity index (χ2n) is 5.51. The molecule has 3 atom stereocenters. The summed E-state index contributed by atoms with van der Waals surface area (Å²) in [5.41, 5.74) is 1.33. The Kier molecular flexibility index (Phi) is 2.78. The number of rotatable bonds is 1. The van der Waals surface area contributed by atoms with Crippen LogP contribution in [-0.4, -0.2) is 19.3 Å². The van der Waals surface area contributed by atoms with Crippen LogP contribution >= 0.6 is 0 Å². The molecule has 0 amide bonds. The second-order valence-corrected chi connectivity index (χ2v) is 5.51. The number of ether oxygens (including phenoxy) is 2. The molecule has 0 unspecified atom stereocenters. The van der Waals surface area contributed by atoms with Crippen LogP contribution in [-0.2, 0) is 9.47 Å². The highest BCUT2D eigenvalue weighted by molar-refractivity contribution is 5.86. The number of hydrogen-bond donors (Lipinski definition) is 0. The molecular weight excluding hydrogens is 236 g/mol. The van der Waals surface area contributed by atoms with Gasteiger partial charge < -0.3 is 9.47 Å². The molecule has 0 aliphatic carbocycles. The van der Waals surface area contributed by atoms with E-state index in [9.17, 15) is 0 Å². The molecule has 2 heteroatoms. The van der Waals surface area contributed by atoms with Crippen LogP contribution in [0, 0.1) is 5.92 Å². The Morgan fingerprint density at radius 1 is 0.842 bits per heavy atom. The maximum atomic E-state index is 6.11. The lowest BCUT2D eigenvalue weighted by molar-refractivity contribution is -0.0754. The van der Waals surface area contributed by atoms with Crippen molar-refractivity contribution in [2.45, 2.75) is 25.0 Å². The minimum atomic E-state index is 0.201. The molecule has 0 spiro atoms. The predicted octanol–water partition coefficient (Wildman–Crippen LogP) is 3.71. The Morgan fingerprint density at radius 3 is 2.68 bits per heavy atom. The maximum absolute atomic E-state index is 6.11. The normalized spacial score (nSPS) is 30.4. The lowest BCUT2D eigenvalue weighted by Crippen LogP contribution is -2.31.